The number of benzene rings is 1. The first-order valence-electron chi connectivity index (χ1n) is 3.94. The first kappa shape index (κ1) is 13.6. The summed E-state index contributed by atoms with van der Waals surface area (Å²) in [6.45, 7) is 0. The molecule has 0 bridgehead atoms. The third-order valence-electron chi connectivity index (χ3n) is 1.60. The highest BCUT2D eigenvalue weighted by atomic mass is 35.7. The van der Waals surface area contributed by atoms with Crippen molar-refractivity contribution in [2.24, 2.45) is 0 Å². The quantitative estimate of drug-likeness (QED) is 0.688. The van der Waals surface area contributed by atoms with E-state index in [0.29, 0.717) is 5.69 Å². The molecule has 0 aliphatic carbocycles. The monoisotopic (exact) mass is 301 g/mol. The number of rotatable bonds is 3. The number of carbonyl (C=O) groups is 1. The first-order chi connectivity index (χ1) is 7.30. The third kappa shape index (κ3) is 3.83. The summed E-state index contributed by atoms with van der Waals surface area (Å²) in [7, 11) is 1.35. The predicted molar refractivity (Wildman–Crippen MR) is 63.6 cm³/mol. The van der Waals surface area contributed by atoms with Gasteiger partial charge in [0.1, 0.15) is 0 Å². The van der Waals surface area contributed by atoms with Gasteiger partial charge in [-0.15, -0.1) is 0 Å². The Morgan fingerprint density at radius 3 is 2.06 bits per heavy atom. The van der Waals surface area contributed by atoms with E-state index in [1.54, 1.807) is 0 Å². The van der Waals surface area contributed by atoms with Crippen molar-refractivity contribution in [2.75, 3.05) is 5.32 Å². The minimum Gasteiger partial charge on any atom is -0.324 e. The molecule has 16 heavy (non-hydrogen) atoms. The second-order valence-corrected chi connectivity index (χ2v) is 6.41. The van der Waals surface area contributed by atoms with Gasteiger partial charge in [-0.25, -0.2) is 8.42 Å². The smallest absolute Gasteiger partial charge is 0.261 e. The standard InChI is InChI=1S/C8H6Cl3NO3S/c9-7(10)8(13)12-5-1-3-6(4-2-5)16(11,14)15/h1-4,7H,(H,12,13). The SMILES string of the molecule is O=C(Nc1ccc(S(=O)(=O)Cl)cc1)C(Cl)Cl. The maximum Gasteiger partial charge on any atom is 0.261 e. The van der Waals surface area contributed by atoms with Crippen LogP contribution in [0.5, 0.6) is 0 Å². The Morgan fingerprint density at radius 2 is 1.69 bits per heavy atom. The van der Waals surface area contributed by atoms with Gasteiger partial charge in [0.05, 0.1) is 4.90 Å². The van der Waals surface area contributed by atoms with Gasteiger partial charge in [-0.1, -0.05) is 23.2 Å². The van der Waals surface area contributed by atoms with Gasteiger partial charge < -0.3 is 5.32 Å². The van der Waals surface area contributed by atoms with Crippen molar-refractivity contribution >= 4 is 54.5 Å². The van der Waals surface area contributed by atoms with Gasteiger partial charge in [-0.05, 0) is 24.3 Å². The van der Waals surface area contributed by atoms with E-state index < -0.39 is 19.8 Å². The summed E-state index contributed by atoms with van der Waals surface area (Å²) in [4.78, 5) is 9.84. The largest absolute Gasteiger partial charge is 0.324 e. The van der Waals surface area contributed by atoms with Crippen LogP contribution in [0, 0.1) is 0 Å². The number of carbonyl (C=O) groups excluding carboxylic acids is 1. The average Bonchev–Trinajstić information content (AvgIpc) is 2.17. The van der Waals surface area contributed by atoms with Gasteiger partial charge in [-0.2, -0.15) is 0 Å². The van der Waals surface area contributed by atoms with Gasteiger partial charge in [0.2, 0.25) is 0 Å². The number of nitrogens with one attached hydrogen (secondary N) is 1. The maximum absolute atomic E-state index is 11.1. The van der Waals surface area contributed by atoms with Crippen LogP contribution in [0.1, 0.15) is 0 Å². The molecule has 0 unspecified atom stereocenters. The number of hydrogen-bond donors (Lipinski definition) is 1. The molecular weight excluding hydrogens is 297 g/mol. The molecule has 1 aromatic rings. The van der Waals surface area contributed by atoms with Crippen LogP contribution in [-0.2, 0) is 13.8 Å². The molecule has 1 amide bonds. The Hall–Kier alpha value is -0.490. The Kier molecular flexibility index (Phi) is 4.43. The molecule has 88 valence electrons. The van der Waals surface area contributed by atoms with E-state index >= 15 is 0 Å². The van der Waals surface area contributed by atoms with E-state index in [1.165, 1.54) is 24.3 Å². The Balaban J connectivity index is 2.84. The first-order valence-corrected chi connectivity index (χ1v) is 7.12. The van der Waals surface area contributed by atoms with E-state index in [4.69, 9.17) is 33.9 Å². The summed E-state index contributed by atoms with van der Waals surface area (Å²) >= 11 is 10.6. The number of alkyl halides is 2. The topological polar surface area (TPSA) is 63.2 Å². The van der Waals surface area contributed by atoms with Crippen LogP contribution in [0.4, 0.5) is 5.69 Å². The predicted octanol–water partition coefficient (Wildman–Crippen LogP) is 2.36. The van der Waals surface area contributed by atoms with Crippen LogP contribution in [0.3, 0.4) is 0 Å². The van der Waals surface area contributed by atoms with E-state index in [1.807, 2.05) is 0 Å². The normalized spacial score (nSPS) is 11.5. The van der Waals surface area contributed by atoms with Gasteiger partial charge in [-0.3, -0.25) is 4.79 Å². The molecule has 0 aliphatic rings. The fourth-order valence-corrected chi connectivity index (χ4v) is 1.78. The lowest BCUT2D eigenvalue weighted by molar-refractivity contribution is -0.114. The highest BCUT2D eigenvalue weighted by molar-refractivity contribution is 8.13. The Morgan fingerprint density at radius 1 is 1.19 bits per heavy atom. The summed E-state index contributed by atoms with van der Waals surface area (Å²) in [5.74, 6) is -0.593. The lowest BCUT2D eigenvalue weighted by Gasteiger charge is -2.05. The molecule has 1 N–H and O–H groups in total. The van der Waals surface area contributed by atoms with E-state index in [2.05, 4.69) is 5.32 Å². The fraction of sp³-hybridized carbons (Fsp3) is 0.125. The molecule has 1 rings (SSSR count). The van der Waals surface area contributed by atoms with Crippen molar-refractivity contribution in [2.45, 2.75) is 9.73 Å². The fourth-order valence-electron chi connectivity index (χ4n) is 0.898. The molecule has 0 fully saturated rings. The second-order valence-electron chi connectivity index (χ2n) is 2.75. The van der Waals surface area contributed by atoms with E-state index in [0.717, 1.165) is 0 Å². The van der Waals surface area contributed by atoms with Crippen molar-refractivity contribution in [3.05, 3.63) is 24.3 Å². The maximum atomic E-state index is 11.1. The molecule has 0 saturated heterocycles. The zero-order valence-electron chi connectivity index (χ0n) is 7.65. The van der Waals surface area contributed by atoms with Crippen LogP contribution in [0.2, 0.25) is 0 Å². The lowest BCUT2D eigenvalue weighted by atomic mass is 10.3. The van der Waals surface area contributed by atoms with Crippen LogP contribution in [-0.4, -0.2) is 19.2 Å². The van der Waals surface area contributed by atoms with Crippen LogP contribution in [0.15, 0.2) is 29.2 Å². The Labute approximate surface area is 107 Å². The van der Waals surface area contributed by atoms with E-state index in [-0.39, 0.29) is 4.90 Å². The molecule has 0 radical (unpaired) electrons. The van der Waals surface area contributed by atoms with Gasteiger partial charge >= 0.3 is 0 Å². The molecule has 0 atom stereocenters. The van der Waals surface area contributed by atoms with Crippen LogP contribution < -0.4 is 5.32 Å². The minimum absolute atomic E-state index is 0.0551. The number of hydrogen-bond acceptors (Lipinski definition) is 3. The van der Waals surface area contributed by atoms with Crippen molar-refractivity contribution < 1.29 is 13.2 Å². The highest BCUT2D eigenvalue weighted by Gasteiger charge is 2.13. The number of anilines is 1. The van der Waals surface area contributed by atoms with Crippen molar-refractivity contribution in [1.29, 1.82) is 0 Å². The molecule has 8 heteroatoms. The second kappa shape index (κ2) is 5.23. The zero-order valence-corrected chi connectivity index (χ0v) is 10.7. The van der Waals surface area contributed by atoms with Crippen molar-refractivity contribution in [3.8, 4) is 0 Å². The molecule has 0 saturated carbocycles. The molecule has 0 spiro atoms. The van der Waals surface area contributed by atoms with Crippen LogP contribution in [0.25, 0.3) is 0 Å². The van der Waals surface area contributed by atoms with Crippen molar-refractivity contribution in [1.82, 2.24) is 0 Å². The average molecular weight is 303 g/mol. The lowest BCUT2D eigenvalue weighted by Crippen LogP contribution is -2.18. The molecule has 4 nitrogen and oxygen atoms in total. The summed E-state index contributed by atoms with van der Waals surface area (Å²) < 4.78 is 21.8. The van der Waals surface area contributed by atoms with Crippen LogP contribution >= 0.6 is 33.9 Å². The minimum atomic E-state index is -3.76. The molecule has 0 heterocycles. The molecule has 0 aliphatic heterocycles. The van der Waals surface area contributed by atoms with Gasteiger partial charge in [0.15, 0.2) is 4.84 Å². The number of amides is 1. The van der Waals surface area contributed by atoms with Gasteiger partial charge in [0.25, 0.3) is 15.0 Å². The highest BCUT2D eigenvalue weighted by Crippen LogP contribution is 2.18. The summed E-state index contributed by atoms with van der Waals surface area (Å²) in [5, 5.41) is 2.38. The Bertz CT molecular complexity index is 484. The number of halogens is 3. The summed E-state index contributed by atoms with van der Waals surface area (Å²) in [6.07, 6.45) is 0. The van der Waals surface area contributed by atoms with Crippen molar-refractivity contribution in [3.63, 3.8) is 0 Å². The summed E-state index contributed by atoms with van der Waals surface area (Å²) in [5.41, 5.74) is 0.375. The zero-order chi connectivity index (χ0) is 12.3. The third-order valence-corrected chi connectivity index (χ3v) is 3.37. The molecule has 1 aromatic carbocycles. The molecular formula is C8H6Cl3NO3S. The summed E-state index contributed by atoms with van der Waals surface area (Å²) in [6, 6.07) is 5.28. The van der Waals surface area contributed by atoms with E-state index in [9.17, 15) is 13.2 Å². The van der Waals surface area contributed by atoms with Gasteiger partial charge in [0, 0.05) is 16.4 Å². The molecule has 0 aromatic heterocycles.